The van der Waals surface area contributed by atoms with Crippen LogP contribution in [0.5, 0.6) is 0 Å². The van der Waals surface area contributed by atoms with Crippen molar-refractivity contribution >= 4 is 28.4 Å². The highest BCUT2D eigenvalue weighted by Gasteiger charge is 2.10. The van der Waals surface area contributed by atoms with Crippen molar-refractivity contribution in [1.29, 1.82) is 0 Å². The first-order valence-electron chi connectivity index (χ1n) is 7.44. The molecular formula is C18H11FN4OS. The van der Waals surface area contributed by atoms with Gasteiger partial charge in [0.15, 0.2) is 0 Å². The molecule has 122 valence electrons. The Morgan fingerprint density at radius 3 is 2.72 bits per heavy atom. The van der Waals surface area contributed by atoms with Gasteiger partial charge in [-0.3, -0.25) is 9.78 Å². The minimum atomic E-state index is -0.317. The summed E-state index contributed by atoms with van der Waals surface area (Å²) >= 11 is 1.28. The molecule has 0 N–H and O–H groups in total. The maximum atomic E-state index is 13.1. The Morgan fingerprint density at radius 1 is 1.12 bits per heavy atom. The zero-order chi connectivity index (χ0) is 17.2. The third-order valence-electron chi connectivity index (χ3n) is 3.49. The van der Waals surface area contributed by atoms with Gasteiger partial charge in [0.2, 0.25) is 4.96 Å². The van der Waals surface area contributed by atoms with Crippen LogP contribution in [-0.2, 0) is 0 Å². The van der Waals surface area contributed by atoms with Crippen LogP contribution in [0.4, 0.5) is 4.39 Å². The van der Waals surface area contributed by atoms with E-state index in [1.54, 1.807) is 30.6 Å². The number of halogens is 1. The molecule has 0 spiro atoms. The third kappa shape index (κ3) is 3.22. The van der Waals surface area contributed by atoms with Gasteiger partial charge in [0.25, 0.3) is 5.56 Å². The Morgan fingerprint density at radius 2 is 1.96 bits per heavy atom. The van der Waals surface area contributed by atoms with Crippen molar-refractivity contribution in [2.24, 2.45) is 0 Å². The molecule has 4 aromatic rings. The van der Waals surface area contributed by atoms with Gasteiger partial charge < -0.3 is 0 Å². The molecule has 0 unspecified atom stereocenters. The molecule has 0 atom stereocenters. The van der Waals surface area contributed by atoms with E-state index in [9.17, 15) is 9.18 Å². The summed E-state index contributed by atoms with van der Waals surface area (Å²) in [6.07, 6.45) is 7.02. The monoisotopic (exact) mass is 350 g/mol. The van der Waals surface area contributed by atoms with Gasteiger partial charge in [-0.1, -0.05) is 23.5 Å². The summed E-state index contributed by atoms with van der Waals surface area (Å²) in [5, 5.41) is 4.88. The number of aromatic nitrogens is 4. The van der Waals surface area contributed by atoms with E-state index in [0.717, 1.165) is 11.1 Å². The number of hydrogen-bond acceptors (Lipinski definition) is 5. The molecule has 0 aliphatic carbocycles. The maximum absolute atomic E-state index is 13.1. The fourth-order valence-corrected chi connectivity index (χ4v) is 3.20. The Labute approximate surface area is 145 Å². The highest BCUT2D eigenvalue weighted by Crippen LogP contribution is 2.24. The summed E-state index contributed by atoms with van der Waals surface area (Å²) < 4.78 is 14.3. The molecule has 7 heteroatoms. The Bertz CT molecular complexity index is 1120. The lowest BCUT2D eigenvalue weighted by molar-refractivity contribution is 0.628. The van der Waals surface area contributed by atoms with Crippen LogP contribution in [0, 0.1) is 5.82 Å². The molecule has 1 aromatic carbocycles. The maximum Gasteiger partial charge on any atom is 0.275 e. The third-order valence-corrected chi connectivity index (χ3v) is 4.44. The molecule has 0 radical (unpaired) electrons. The summed E-state index contributed by atoms with van der Waals surface area (Å²) in [6.45, 7) is 0. The highest BCUT2D eigenvalue weighted by atomic mass is 32.1. The number of nitrogens with zero attached hydrogens (tertiary/aromatic N) is 4. The van der Waals surface area contributed by atoms with Crippen LogP contribution >= 0.6 is 11.3 Å². The van der Waals surface area contributed by atoms with Crippen molar-refractivity contribution < 1.29 is 4.39 Å². The fraction of sp³-hybridized carbons (Fsp3) is 0. The van der Waals surface area contributed by atoms with Crippen molar-refractivity contribution in [2.45, 2.75) is 0 Å². The van der Waals surface area contributed by atoms with Gasteiger partial charge in [-0.15, -0.1) is 0 Å². The van der Waals surface area contributed by atoms with E-state index in [2.05, 4.69) is 15.1 Å². The fourth-order valence-electron chi connectivity index (χ4n) is 2.28. The van der Waals surface area contributed by atoms with Crippen molar-refractivity contribution in [1.82, 2.24) is 19.6 Å². The first-order chi connectivity index (χ1) is 12.2. The second-order valence-corrected chi connectivity index (χ2v) is 6.20. The van der Waals surface area contributed by atoms with E-state index in [4.69, 9.17) is 0 Å². The van der Waals surface area contributed by atoms with E-state index in [0.29, 0.717) is 15.7 Å². The molecule has 0 saturated heterocycles. The zero-order valence-electron chi connectivity index (χ0n) is 12.8. The highest BCUT2D eigenvalue weighted by molar-refractivity contribution is 7.19. The minimum absolute atomic E-state index is 0.263. The predicted octanol–water partition coefficient (Wildman–Crippen LogP) is 3.52. The smallest absolute Gasteiger partial charge is 0.267 e. The average molecular weight is 350 g/mol. The topological polar surface area (TPSA) is 60.2 Å². The molecule has 3 heterocycles. The normalized spacial score (nSPS) is 11.4. The van der Waals surface area contributed by atoms with E-state index in [1.165, 1.54) is 34.1 Å². The van der Waals surface area contributed by atoms with E-state index in [1.807, 2.05) is 18.2 Å². The van der Waals surface area contributed by atoms with Gasteiger partial charge in [-0.25, -0.2) is 9.37 Å². The number of fused-ring (bicyclic) bond motifs is 1. The van der Waals surface area contributed by atoms with Crippen LogP contribution in [0.25, 0.3) is 27.7 Å². The lowest BCUT2D eigenvalue weighted by Gasteiger charge is -1.94. The van der Waals surface area contributed by atoms with Gasteiger partial charge in [-0.2, -0.15) is 9.61 Å². The van der Waals surface area contributed by atoms with Crippen molar-refractivity contribution in [2.75, 3.05) is 0 Å². The quantitative estimate of drug-likeness (QED) is 0.567. The molecule has 0 saturated carbocycles. The van der Waals surface area contributed by atoms with Crippen molar-refractivity contribution in [3.05, 3.63) is 82.3 Å². The Balaban J connectivity index is 1.73. The summed E-state index contributed by atoms with van der Waals surface area (Å²) in [7, 11) is 0. The van der Waals surface area contributed by atoms with Gasteiger partial charge in [0, 0.05) is 24.0 Å². The Kier molecular flexibility index (Phi) is 3.91. The number of benzene rings is 1. The molecular weight excluding hydrogens is 339 g/mol. The van der Waals surface area contributed by atoms with Crippen LogP contribution < -0.4 is 5.56 Å². The standard InChI is InChI=1S/C18H11FN4OS/c19-14-6-4-13(5-7-14)17-22-23-16(24)10-15(21-18(23)25-17)8-3-12-2-1-9-20-11-12/h1-11H. The SMILES string of the molecule is O=c1cc(C=Cc2cccnc2)nc2sc(-c3ccc(F)cc3)nn12. The van der Waals surface area contributed by atoms with Crippen LogP contribution in [0.3, 0.4) is 0 Å². The minimum Gasteiger partial charge on any atom is -0.267 e. The molecule has 0 aliphatic heterocycles. The van der Waals surface area contributed by atoms with E-state index >= 15 is 0 Å². The van der Waals surface area contributed by atoms with Gasteiger partial charge in [0.1, 0.15) is 10.8 Å². The van der Waals surface area contributed by atoms with Crippen LogP contribution in [0.15, 0.2) is 59.7 Å². The lowest BCUT2D eigenvalue weighted by Crippen LogP contribution is -2.14. The molecule has 4 rings (SSSR count). The van der Waals surface area contributed by atoms with Crippen LogP contribution in [0.1, 0.15) is 11.3 Å². The van der Waals surface area contributed by atoms with Crippen molar-refractivity contribution in [3.63, 3.8) is 0 Å². The van der Waals surface area contributed by atoms with E-state index < -0.39 is 0 Å². The molecule has 3 aromatic heterocycles. The number of pyridine rings is 1. The molecule has 0 amide bonds. The first kappa shape index (κ1) is 15.3. The molecule has 5 nitrogen and oxygen atoms in total. The molecule has 0 aliphatic rings. The zero-order valence-corrected chi connectivity index (χ0v) is 13.7. The van der Waals surface area contributed by atoms with Crippen LogP contribution in [-0.4, -0.2) is 19.6 Å². The number of hydrogen-bond donors (Lipinski definition) is 0. The van der Waals surface area contributed by atoms with Crippen LogP contribution in [0.2, 0.25) is 0 Å². The largest absolute Gasteiger partial charge is 0.275 e. The second-order valence-electron chi connectivity index (χ2n) is 5.25. The van der Waals surface area contributed by atoms with Gasteiger partial charge >= 0.3 is 0 Å². The average Bonchev–Trinajstić information content (AvgIpc) is 3.06. The molecule has 0 bridgehead atoms. The van der Waals surface area contributed by atoms with Crippen molar-refractivity contribution in [3.8, 4) is 10.6 Å². The first-order valence-corrected chi connectivity index (χ1v) is 8.26. The summed E-state index contributed by atoms with van der Waals surface area (Å²) in [5.74, 6) is -0.317. The summed E-state index contributed by atoms with van der Waals surface area (Å²) in [6, 6.07) is 11.1. The van der Waals surface area contributed by atoms with E-state index in [-0.39, 0.29) is 11.4 Å². The number of rotatable bonds is 3. The predicted molar refractivity (Wildman–Crippen MR) is 95.7 cm³/mol. The summed E-state index contributed by atoms with van der Waals surface area (Å²) in [4.78, 5) is 21.2. The summed E-state index contributed by atoms with van der Waals surface area (Å²) in [5.41, 5.74) is 1.94. The van der Waals surface area contributed by atoms with Gasteiger partial charge in [-0.05, 0) is 42.0 Å². The molecule has 0 fully saturated rings. The second kappa shape index (κ2) is 6.37. The van der Waals surface area contributed by atoms with Gasteiger partial charge in [0.05, 0.1) is 5.69 Å². The molecule has 25 heavy (non-hydrogen) atoms. The Hall–Kier alpha value is -3.19. The lowest BCUT2D eigenvalue weighted by atomic mass is 10.2.